The summed E-state index contributed by atoms with van der Waals surface area (Å²) in [6, 6.07) is 7.50. The van der Waals surface area contributed by atoms with Gasteiger partial charge in [-0.25, -0.2) is 4.39 Å². The predicted octanol–water partition coefficient (Wildman–Crippen LogP) is 4.22. The van der Waals surface area contributed by atoms with Gasteiger partial charge in [0.15, 0.2) is 0 Å². The molecule has 3 nitrogen and oxygen atoms in total. The van der Waals surface area contributed by atoms with Gasteiger partial charge >= 0.3 is 0 Å². The first-order chi connectivity index (χ1) is 9.47. The summed E-state index contributed by atoms with van der Waals surface area (Å²) in [5.74, 6) is -0.321. The smallest absolute Gasteiger partial charge is 0.141 e. The Morgan fingerprint density at radius 1 is 1.25 bits per heavy atom. The average Bonchev–Trinajstić information content (AvgIpc) is 2.38. The Balaban J connectivity index is 2.27. The van der Waals surface area contributed by atoms with Crippen molar-refractivity contribution in [2.45, 2.75) is 13.0 Å². The van der Waals surface area contributed by atoms with Crippen LogP contribution in [-0.4, -0.2) is 19.1 Å². The van der Waals surface area contributed by atoms with Crippen molar-refractivity contribution in [3.8, 4) is 0 Å². The number of nitrogens with zero attached hydrogens (tertiary/aromatic N) is 2. The van der Waals surface area contributed by atoms with E-state index in [1.54, 1.807) is 6.20 Å². The summed E-state index contributed by atoms with van der Waals surface area (Å²) in [6.07, 6.45) is 2.88. The van der Waals surface area contributed by atoms with E-state index in [0.29, 0.717) is 0 Å². The lowest BCUT2D eigenvalue weighted by atomic mass is 10.1. The van der Waals surface area contributed by atoms with E-state index < -0.39 is 0 Å². The Morgan fingerprint density at radius 2 is 2.00 bits per heavy atom. The maximum atomic E-state index is 13.2. The van der Waals surface area contributed by atoms with Crippen LogP contribution in [0.15, 0.2) is 41.1 Å². The predicted molar refractivity (Wildman–Crippen MR) is 84.7 cm³/mol. The summed E-state index contributed by atoms with van der Waals surface area (Å²) in [5.41, 5.74) is 2.88. The van der Waals surface area contributed by atoms with Gasteiger partial charge in [-0.05, 0) is 36.8 Å². The van der Waals surface area contributed by atoms with Crippen molar-refractivity contribution in [3.63, 3.8) is 0 Å². The first kappa shape index (κ1) is 14.8. The number of anilines is 2. The van der Waals surface area contributed by atoms with Gasteiger partial charge in [-0.3, -0.25) is 4.98 Å². The first-order valence-corrected chi connectivity index (χ1v) is 7.10. The van der Waals surface area contributed by atoms with Crippen LogP contribution in [0.4, 0.5) is 15.8 Å². The van der Waals surface area contributed by atoms with E-state index in [4.69, 9.17) is 0 Å². The Kier molecular flexibility index (Phi) is 4.60. The van der Waals surface area contributed by atoms with E-state index in [-0.39, 0.29) is 11.9 Å². The summed E-state index contributed by atoms with van der Waals surface area (Å²) in [6.45, 7) is 1.98. The zero-order chi connectivity index (χ0) is 14.7. The van der Waals surface area contributed by atoms with Gasteiger partial charge in [-0.15, -0.1) is 0 Å². The highest BCUT2D eigenvalue weighted by Gasteiger charge is 2.11. The molecule has 0 aliphatic heterocycles. The van der Waals surface area contributed by atoms with Crippen LogP contribution in [0.2, 0.25) is 0 Å². The molecule has 0 spiro atoms. The van der Waals surface area contributed by atoms with Crippen molar-refractivity contribution in [1.29, 1.82) is 0 Å². The van der Waals surface area contributed by atoms with Crippen LogP contribution in [0.25, 0.3) is 0 Å². The van der Waals surface area contributed by atoms with Gasteiger partial charge in [0.05, 0.1) is 23.6 Å². The number of halogens is 2. The van der Waals surface area contributed by atoms with Gasteiger partial charge < -0.3 is 10.2 Å². The number of rotatable bonds is 4. The third kappa shape index (κ3) is 3.48. The minimum atomic E-state index is -0.321. The molecule has 1 aromatic carbocycles. The van der Waals surface area contributed by atoms with Crippen LogP contribution in [0.1, 0.15) is 18.5 Å². The van der Waals surface area contributed by atoms with Gasteiger partial charge in [-0.1, -0.05) is 15.9 Å². The summed E-state index contributed by atoms with van der Waals surface area (Å²) < 4.78 is 14.2. The molecule has 106 valence electrons. The van der Waals surface area contributed by atoms with Gasteiger partial charge in [0, 0.05) is 24.8 Å². The number of pyridine rings is 1. The lowest BCUT2D eigenvalue weighted by Gasteiger charge is -2.22. The largest absolute Gasteiger partial charge is 0.377 e. The molecule has 2 rings (SSSR count). The fourth-order valence-corrected chi connectivity index (χ4v) is 2.36. The van der Waals surface area contributed by atoms with E-state index in [9.17, 15) is 4.39 Å². The fraction of sp³-hybridized carbons (Fsp3) is 0.267. The van der Waals surface area contributed by atoms with Crippen molar-refractivity contribution in [2.75, 3.05) is 24.3 Å². The molecule has 5 heteroatoms. The van der Waals surface area contributed by atoms with Crippen LogP contribution < -0.4 is 10.2 Å². The highest BCUT2D eigenvalue weighted by atomic mass is 79.9. The summed E-state index contributed by atoms with van der Waals surface area (Å²) in [7, 11) is 3.98. The van der Waals surface area contributed by atoms with Gasteiger partial charge in [-0.2, -0.15) is 0 Å². The van der Waals surface area contributed by atoms with E-state index in [1.165, 1.54) is 12.3 Å². The van der Waals surface area contributed by atoms with E-state index in [2.05, 4.69) is 26.2 Å². The number of nitrogens with one attached hydrogen (secondary N) is 1. The van der Waals surface area contributed by atoms with Crippen LogP contribution in [0.3, 0.4) is 0 Å². The molecule has 20 heavy (non-hydrogen) atoms. The van der Waals surface area contributed by atoms with Gasteiger partial charge in [0.2, 0.25) is 0 Å². The van der Waals surface area contributed by atoms with E-state index >= 15 is 0 Å². The molecule has 0 bridgehead atoms. The Hall–Kier alpha value is -1.62. The minimum Gasteiger partial charge on any atom is -0.377 e. The number of hydrogen-bond donors (Lipinski definition) is 1. The normalized spacial score (nSPS) is 12.1. The zero-order valence-corrected chi connectivity index (χ0v) is 13.3. The number of hydrogen-bond acceptors (Lipinski definition) is 3. The van der Waals surface area contributed by atoms with Crippen molar-refractivity contribution in [1.82, 2.24) is 4.98 Å². The second-order valence-corrected chi connectivity index (χ2v) is 5.77. The molecule has 1 aromatic heterocycles. The molecule has 1 atom stereocenters. The molecule has 1 N–H and O–H groups in total. The van der Waals surface area contributed by atoms with Crippen LogP contribution in [0, 0.1) is 5.82 Å². The molecule has 0 amide bonds. The van der Waals surface area contributed by atoms with E-state index in [1.807, 2.05) is 44.1 Å². The first-order valence-electron chi connectivity index (χ1n) is 6.31. The second-order valence-electron chi connectivity index (χ2n) is 4.86. The van der Waals surface area contributed by atoms with Crippen molar-refractivity contribution in [2.24, 2.45) is 0 Å². The molecule has 0 saturated heterocycles. The van der Waals surface area contributed by atoms with Crippen molar-refractivity contribution >= 4 is 27.3 Å². The van der Waals surface area contributed by atoms with E-state index in [0.717, 1.165) is 21.4 Å². The molecule has 0 radical (unpaired) electrons. The molecule has 1 unspecified atom stereocenters. The highest BCUT2D eigenvalue weighted by molar-refractivity contribution is 9.10. The maximum Gasteiger partial charge on any atom is 0.141 e. The summed E-state index contributed by atoms with van der Waals surface area (Å²) in [5, 5.41) is 3.40. The topological polar surface area (TPSA) is 28.2 Å². The number of benzene rings is 1. The summed E-state index contributed by atoms with van der Waals surface area (Å²) >= 11 is 3.47. The second kappa shape index (κ2) is 6.22. The highest BCUT2D eigenvalue weighted by Crippen LogP contribution is 2.31. The minimum absolute atomic E-state index is 0.0359. The lowest BCUT2D eigenvalue weighted by Crippen LogP contribution is -2.14. The third-order valence-corrected chi connectivity index (χ3v) is 3.53. The fourth-order valence-electron chi connectivity index (χ4n) is 2.00. The third-order valence-electron chi connectivity index (χ3n) is 3.04. The van der Waals surface area contributed by atoms with Crippen LogP contribution in [-0.2, 0) is 0 Å². The molecule has 0 aliphatic carbocycles. The molecule has 2 aromatic rings. The SMILES string of the molecule is CC(Nc1cc(Br)ccc1N(C)C)c1cncc(F)c1. The van der Waals surface area contributed by atoms with Crippen molar-refractivity contribution < 1.29 is 4.39 Å². The van der Waals surface area contributed by atoms with Crippen molar-refractivity contribution in [3.05, 3.63) is 52.5 Å². The monoisotopic (exact) mass is 337 g/mol. The quantitative estimate of drug-likeness (QED) is 0.905. The summed E-state index contributed by atoms with van der Waals surface area (Å²) in [4.78, 5) is 5.92. The molecular weight excluding hydrogens is 321 g/mol. The zero-order valence-electron chi connectivity index (χ0n) is 11.7. The molecule has 1 heterocycles. The van der Waals surface area contributed by atoms with Gasteiger partial charge in [0.1, 0.15) is 5.82 Å². The molecule has 0 fully saturated rings. The average molecular weight is 338 g/mol. The Bertz CT molecular complexity index is 601. The van der Waals surface area contributed by atoms with Crippen LogP contribution >= 0.6 is 15.9 Å². The Labute approximate surface area is 127 Å². The lowest BCUT2D eigenvalue weighted by molar-refractivity contribution is 0.616. The number of aromatic nitrogens is 1. The maximum absolute atomic E-state index is 13.2. The molecular formula is C15H17BrFN3. The standard InChI is InChI=1S/C15H17BrFN3/c1-10(11-6-13(17)9-18-8-11)19-14-7-12(16)4-5-15(14)20(2)3/h4-10,19H,1-3H3. The Morgan fingerprint density at radius 3 is 2.65 bits per heavy atom. The van der Waals surface area contributed by atoms with Gasteiger partial charge in [0.25, 0.3) is 0 Å². The van der Waals surface area contributed by atoms with Crippen LogP contribution in [0.5, 0.6) is 0 Å². The molecule has 0 saturated carbocycles. The molecule has 0 aliphatic rings.